The summed E-state index contributed by atoms with van der Waals surface area (Å²) in [7, 11) is 0. The van der Waals surface area contributed by atoms with Crippen LogP contribution in [0.25, 0.3) is 0 Å². The van der Waals surface area contributed by atoms with Crippen LogP contribution in [0.4, 0.5) is 0 Å². The number of aliphatic hydroxyl groups is 1. The molecule has 0 bridgehead atoms. The Hall–Kier alpha value is -0.160. The molecule has 13 heavy (non-hydrogen) atoms. The molecule has 2 fully saturated rings. The third-order valence-corrected chi connectivity index (χ3v) is 2.81. The summed E-state index contributed by atoms with van der Waals surface area (Å²) >= 11 is 0. The van der Waals surface area contributed by atoms with Crippen molar-refractivity contribution in [3.63, 3.8) is 0 Å². The molecule has 4 heteroatoms. The van der Waals surface area contributed by atoms with Crippen LogP contribution in [0.1, 0.15) is 20.3 Å². The predicted molar refractivity (Wildman–Crippen MR) is 45.3 cm³/mol. The van der Waals surface area contributed by atoms with Gasteiger partial charge in [-0.2, -0.15) is 0 Å². The first-order valence-corrected chi connectivity index (χ1v) is 4.76. The second-order valence-corrected chi connectivity index (χ2v) is 3.82. The Morgan fingerprint density at radius 1 is 1.46 bits per heavy atom. The van der Waals surface area contributed by atoms with Gasteiger partial charge < -0.3 is 19.3 Å². The summed E-state index contributed by atoms with van der Waals surface area (Å²) in [5.74, 6) is -0.546. The van der Waals surface area contributed by atoms with Crippen molar-refractivity contribution in [1.82, 2.24) is 0 Å². The molecule has 0 radical (unpaired) electrons. The van der Waals surface area contributed by atoms with Gasteiger partial charge in [0.05, 0.1) is 13.2 Å². The summed E-state index contributed by atoms with van der Waals surface area (Å²) in [4.78, 5) is 0. The first kappa shape index (κ1) is 9.40. The Bertz CT molecular complexity index is 196. The van der Waals surface area contributed by atoms with Crippen LogP contribution in [0.3, 0.4) is 0 Å². The van der Waals surface area contributed by atoms with Crippen molar-refractivity contribution in [3.8, 4) is 0 Å². The SMILES string of the molecule is CCC1(C)OCC2OCC(O)C2O1. The van der Waals surface area contributed by atoms with E-state index >= 15 is 0 Å². The van der Waals surface area contributed by atoms with Crippen molar-refractivity contribution >= 4 is 0 Å². The number of aliphatic hydroxyl groups excluding tert-OH is 1. The molecule has 4 unspecified atom stereocenters. The molecule has 76 valence electrons. The largest absolute Gasteiger partial charge is 0.388 e. The zero-order valence-corrected chi connectivity index (χ0v) is 8.03. The molecule has 2 aliphatic heterocycles. The highest BCUT2D eigenvalue weighted by Crippen LogP contribution is 2.31. The van der Waals surface area contributed by atoms with Gasteiger partial charge in [-0.15, -0.1) is 0 Å². The standard InChI is InChI=1S/C9H16O4/c1-3-9(2)12-5-7-8(13-9)6(10)4-11-7/h6-8,10H,3-5H2,1-2H3. The molecule has 0 aromatic carbocycles. The lowest BCUT2D eigenvalue weighted by atomic mass is 10.1. The van der Waals surface area contributed by atoms with Gasteiger partial charge in [0, 0.05) is 0 Å². The van der Waals surface area contributed by atoms with E-state index < -0.39 is 11.9 Å². The third-order valence-electron chi connectivity index (χ3n) is 2.81. The summed E-state index contributed by atoms with van der Waals surface area (Å²) in [6.45, 7) is 4.78. The van der Waals surface area contributed by atoms with E-state index in [9.17, 15) is 5.11 Å². The Kier molecular flexibility index (Phi) is 2.32. The molecular formula is C9H16O4. The van der Waals surface area contributed by atoms with Crippen molar-refractivity contribution in [2.24, 2.45) is 0 Å². The average molecular weight is 188 g/mol. The van der Waals surface area contributed by atoms with Crippen LogP contribution < -0.4 is 0 Å². The number of fused-ring (bicyclic) bond motifs is 1. The first-order chi connectivity index (χ1) is 6.14. The maximum absolute atomic E-state index is 9.55. The van der Waals surface area contributed by atoms with Gasteiger partial charge in [0.25, 0.3) is 0 Å². The number of rotatable bonds is 1. The minimum atomic E-state index is -0.546. The fourth-order valence-electron chi connectivity index (χ4n) is 1.72. The fraction of sp³-hybridized carbons (Fsp3) is 1.00. The Balaban J connectivity index is 2.05. The maximum atomic E-state index is 9.55. The van der Waals surface area contributed by atoms with Crippen LogP contribution >= 0.6 is 0 Å². The third kappa shape index (κ3) is 1.59. The summed E-state index contributed by atoms with van der Waals surface area (Å²) in [6, 6.07) is 0. The van der Waals surface area contributed by atoms with Crippen LogP contribution in [0, 0.1) is 0 Å². The Labute approximate surface area is 77.8 Å². The smallest absolute Gasteiger partial charge is 0.166 e. The van der Waals surface area contributed by atoms with Crippen LogP contribution in [0.2, 0.25) is 0 Å². The molecule has 2 saturated heterocycles. The second kappa shape index (κ2) is 3.20. The second-order valence-electron chi connectivity index (χ2n) is 3.82. The van der Waals surface area contributed by atoms with E-state index in [0.29, 0.717) is 13.2 Å². The number of hydrogen-bond acceptors (Lipinski definition) is 4. The minimum absolute atomic E-state index is 0.0883. The molecule has 1 N–H and O–H groups in total. The van der Waals surface area contributed by atoms with Crippen LogP contribution in [0.5, 0.6) is 0 Å². The van der Waals surface area contributed by atoms with Gasteiger partial charge >= 0.3 is 0 Å². The molecule has 0 aliphatic carbocycles. The first-order valence-electron chi connectivity index (χ1n) is 4.76. The highest BCUT2D eigenvalue weighted by Gasteiger charge is 2.46. The van der Waals surface area contributed by atoms with Crippen molar-refractivity contribution in [1.29, 1.82) is 0 Å². The molecule has 2 heterocycles. The van der Waals surface area contributed by atoms with Crippen LogP contribution in [0.15, 0.2) is 0 Å². The highest BCUT2D eigenvalue weighted by atomic mass is 16.7. The topological polar surface area (TPSA) is 47.9 Å². The Morgan fingerprint density at radius 3 is 2.92 bits per heavy atom. The Morgan fingerprint density at radius 2 is 2.23 bits per heavy atom. The molecule has 2 rings (SSSR count). The molecule has 0 aromatic heterocycles. The summed E-state index contributed by atoms with van der Waals surface area (Å²) in [5.41, 5.74) is 0. The van der Waals surface area contributed by atoms with Crippen molar-refractivity contribution in [2.45, 2.75) is 44.4 Å². The molecule has 0 saturated carbocycles. The van der Waals surface area contributed by atoms with Crippen molar-refractivity contribution < 1.29 is 19.3 Å². The number of ether oxygens (including phenoxy) is 3. The van der Waals surface area contributed by atoms with E-state index in [-0.39, 0.29) is 12.2 Å². The summed E-state index contributed by atoms with van der Waals surface area (Å²) in [5, 5.41) is 9.55. The van der Waals surface area contributed by atoms with E-state index in [1.807, 2.05) is 13.8 Å². The van der Waals surface area contributed by atoms with Gasteiger partial charge in [0.1, 0.15) is 18.3 Å². The lowest BCUT2D eigenvalue weighted by molar-refractivity contribution is -0.309. The van der Waals surface area contributed by atoms with E-state index in [2.05, 4.69) is 0 Å². The van der Waals surface area contributed by atoms with Gasteiger partial charge in [0.15, 0.2) is 5.79 Å². The molecular weight excluding hydrogens is 172 g/mol. The molecule has 0 aromatic rings. The van der Waals surface area contributed by atoms with E-state index in [0.717, 1.165) is 6.42 Å². The lowest BCUT2D eigenvalue weighted by Gasteiger charge is -2.39. The minimum Gasteiger partial charge on any atom is -0.388 e. The van der Waals surface area contributed by atoms with Gasteiger partial charge in [-0.05, 0) is 13.3 Å². The van der Waals surface area contributed by atoms with E-state index in [1.54, 1.807) is 0 Å². The predicted octanol–water partition coefficient (Wildman–Crippen LogP) is 0.288. The zero-order valence-electron chi connectivity index (χ0n) is 8.03. The lowest BCUT2D eigenvalue weighted by Crippen LogP contribution is -2.51. The monoisotopic (exact) mass is 188 g/mol. The summed E-state index contributed by atoms with van der Waals surface area (Å²) in [6.07, 6.45) is -0.0174. The van der Waals surface area contributed by atoms with Crippen LogP contribution in [-0.2, 0) is 14.2 Å². The highest BCUT2D eigenvalue weighted by molar-refractivity contribution is 4.89. The molecule has 0 amide bonds. The van der Waals surface area contributed by atoms with Gasteiger partial charge in [0.2, 0.25) is 0 Å². The normalized spacial score (nSPS) is 50.5. The molecule has 4 nitrogen and oxygen atoms in total. The van der Waals surface area contributed by atoms with E-state index in [4.69, 9.17) is 14.2 Å². The average Bonchev–Trinajstić information content (AvgIpc) is 2.48. The van der Waals surface area contributed by atoms with Gasteiger partial charge in [-0.25, -0.2) is 0 Å². The number of hydrogen-bond donors (Lipinski definition) is 1. The molecule has 0 spiro atoms. The molecule has 2 aliphatic rings. The van der Waals surface area contributed by atoms with Gasteiger partial charge in [-0.3, -0.25) is 0 Å². The summed E-state index contributed by atoms with van der Waals surface area (Å²) < 4.78 is 16.5. The molecule has 4 atom stereocenters. The van der Waals surface area contributed by atoms with Crippen molar-refractivity contribution in [3.05, 3.63) is 0 Å². The van der Waals surface area contributed by atoms with Crippen LogP contribution in [-0.4, -0.2) is 42.4 Å². The quantitative estimate of drug-likeness (QED) is 0.642. The van der Waals surface area contributed by atoms with E-state index in [1.165, 1.54) is 0 Å². The van der Waals surface area contributed by atoms with Gasteiger partial charge in [-0.1, -0.05) is 6.92 Å². The fourth-order valence-corrected chi connectivity index (χ4v) is 1.72. The zero-order chi connectivity index (χ0) is 9.47. The van der Waals surface area contributed by atoms with Crippen molar-refractivity contribution in [2.75, 3.05) is 13.2 Å². The maximum Gasteiger partial charge on any atom is 0.166 e.